The zero-order valence-electron chi connectivity index (χ0n) is 23.5. The Kier molecular flexibility index (Phi) is 5.76. The molecule has 2 saturated heterocycles. The highest BCUT2D eigenvalue weighted by Gasteiger charge is 2.51. The highest BCUT2D eigenvalue weighted by atomic mass is 16.2. The monoisotopic (exact) mass is 512 g/mol. The van der Waals surface area contributed by atoms with Gasteiger partial charge in [0.15, 0.2) is 0 Å². The van der Waals surface area contributed by atoms with Gasteiger partial charge in [-0.2, -0.15) is 0 Å². The van der Waals surface area contributed by atoms with Crippen molar-refractivity contribution in [3.05, 3.63) is 70.9 Å². The van der Waals surface area contributed by atoms with Gasteiger partial charge in [-0.15, -0.1) is 0 Å². The van der Waals surface area contributed by atoms with Crippen LogP contribution in [0.3, 0.4) is 0 Å². The second-order valence-corrected chi connectivity index (χ2v) is 13.2. The fraction of sp³-hybridized carbons (Fsp3) is 0.500. The number of fused-ring (bicyclic) bond motifs is 4. The first-order valence-electron chi connectivity index (χ1n) is 14.0. The molecule has 1 aromatic heterocycles. The first kappa shape index (κ1) is 25.2. The van der Waals surface area contributed by atoms with Crippen LogP contribution in [0.15, 0.2) is 48.5 Å². The molecule has 0 bridgehead atoms. The quantitative estimate of drug-likeness (QED) is 0.501. The number of hydrogen-bond acceptors (Lipinski definition) is 3. The van der Waals surface area contributed by atoms with E-state index >= 15 is 0 Å². The van der Waals surface area contributed by atoms with Gasteiger partial charge in [0.25, 0.3) is 0 Å². The average molecular weight is 513 g/mol. The molecule has 6 rings (SSSR count). The van der Waals surface area contributed by atoms with Crippen molar-refractivity contribution in [2.75, 3.05) is 6.54 Å². The van der Waals surface area contributed by atoms with Crippen molar-refractivity contribution in [2.45, 2.75) is 95.9 Å². The third-order valence-electron chi connectivity index (χ3n) is 8.82. The van der Waals surface area contributed by atoms with Crippen molar-refractivity contribution in [3.63, 3.8) is 0 Å². The fourth-order valence-corrected chi connectivity index (χ4v) is 7.49. The van der Waals surface area contributed by atoms with Crippen molar-refractivity contribution in [2.24, 2.45) is 0 Å². The molecule has 0 aliphatic carbocycles. The van der Waals surface area contributed by atoms with E-state index in [1.54, 1.807) is 0 Å². The number of hydrogen-bond donors (Lipinski definition) is 2. The molecule has 6 heteroatoms. The first-order valence-corrected chi connectivity index (χ1v) is 14.0. The van der Waals surface area contributed by atoms with Gasteiger partial charge in [-0.05, 0) is 69.2 Å². The Morgan fingerprint density at radius 1 is 0.921 bits per heavy atom. The van der Waals surface area contributed by atoms with E-state index in [0.717, 1.165) is 40.6 Å². The molecule has 2 fully saturated rings. The molecule has 4 heterocycles. The third-order valence-corrected chi connectivity index (χ3v) is 8.82. The number of aromatic amines is 1. The molecule has 0 spiro atoms. The number of rotatable bonds is 3. The van der Waals surface area contributed by atoms with E-state index in [1.165, 1.54) is 5.56 Å². The summed E-state index contributed by atoms with van der Waals surface area (Å²) in [7, 11) is 0. The smallest absolute Gasteiger partial charge is 0.246 e. The number of para-hydroxylation sites is 1. The minimum absolute atomic E-state index is 0.0333. The van der Waals surface area contributed by atoms with Crippen molar-refractivity contribution in [3.8, 4) is 0 Å². The van der Waals surface area contributed by atoms with Gasteiger partial charge in [0.05, 0.1) is 6.04 Å². The fourth-order valence-electron chi connectivity index (χ4n) is 7.49. The summed E-state index contributed by atoms with van der Waals surface area (Å²) < 4.78 is 0. The Morgan fingerprint density at radius 3 is 2.24 bits per heavy atom. The van der Waals surface area contributed by atoms with Crippen LogP contribution in [0.4, 0.5) is 0 Å². The molecule has 6 nitrogen and oxygen atoms in total. The topological polar surface area (TPSA) is 68.4 Å². The molecular weight excluding hydrogens is 472 g/mol. The zero-order chi connectivity index (χ0) is 27.0. The molecule has 3 aliphatic heterocycles. The summed E-state index contributed by atoms with van der Waals surface area (Å²) in [6.45, 7) is 13.3. The molecule has 2 N–H and O–H groups in total. The zero-order valence-corrected chi connectivity index (χ0v) is 23.5. The van der Waals surface area contributed by atoms with Gasteiger partial charge < -0.3 is 20.1 Å². The lowest BCUT2D eigenvalue weighted by molar-refractivity contribution is -0.162. The molecule has 38 heavy (non-hydrogen) atoms. The van der Waals surface area contributed by atoms with Crippen LogP contribution < -0.4 is 5.32 Å². The van der Waals surface area contributed by atoms with Crippen LogP contribution in [0.25, 0.3) is 10.9 Å². The van der Waals surface area contributed by atoms with Gasteiger partial charge >= 0.3 is 0 Å². The van der Waals surface area contributed by atoms with E-state index < -0.39 is 6.04 Å². The summed E-state index contributed by atoms with van der Waals surface area (Å²) >= 11 is 0. The Labute approximate surface area is 225 Å². The van der Waals surface area contributed by atoms with Gasteiger partial charge in [-0.3, -0.25) is 9.59 Å². The molecular formula is C32H40N4O2. The molecule has 0 saturated carbocycles. The van der Waals surface area contributed by atoms with Gasteiger partial charge in [-0.25, -0.2) is 0 Å². The van der Waals surface area contributed by atoms with Crippen LogP contribution >= 0.6 is 0 Å². The Morgan fingerprint density at radius 2 is 1.58 bits per heavy atom. The molecule has 0 unspecified atom stereocenters. The molecule has 0 radical (unpaired) electrons. The van der Waals surface area contributed by atoms with Gasteiger partial charge in [0.2, 0.25) is 11.8 Å². The van der Waals surface area contributed by atoms with Crippen molar-refractivity contribution < 1.29 is 9.59 Å². The number of carbonyl (C=O) groups excluding carboxylic acids is 2. The molecule has 2 atom stereocenters. The van der Waals surface area contributed by atoms with E-state index in [9.17, 15) is 9.59 Å². The summed E-state index contributed by atoms with van der Waals surface area (Å²) in [4.78, 5) is 35.8. The highest BCUT2D eigenvalue weighted by molar-refractivity contribution is 5.98. The number of amides is 2. The number of nitrogens with one attached hydrogen (secondary N) is 2. The van der Waals surface area contributed by atoms with Gasteiger partial charge in [0, 0.05) is 40.1 Å². The van der Waals surface area contributed by atoms with Crippen LogP contribution in [0.5, 0.6) is 0 Å². The number of aromatic nitrogens is 1. The van der Waals surface area contributed by atoms with Crippen LogP contribution in [-0.2, 0) is 16.0 Å². The molecule has 3 aliphatic rings. The Balaban J connectivity index is 1.44. The van der Waals surface area contributed by atoms with Crippen molar-refractivity contribution >= 4 is 22.7 Å². The minimum atomic E-state index is -0.501. The van der Waals surface area contributed by atoms with Crippen molar-refractivity contribution in [1.82, 2.24) is 20.1 Å². The van der Waals surface area contributed by atoms with E-state index in [4.69, 9.17) is 0 Å². The molecule has 200 valence electrons. The maximum Gasteiger partial charge on any atom is 0.246 e. The minimum Gasteiger partial charge on any atom is -0.356 e. The van der Waals surface area contributed by atoms with Crippen LogP contribution in [0.1, 0.15) is 88.7 Å². The number of carbonyl (C=O) groups is 2. The summed E-state index contributed by atoms with van der Waals surface area (Å²) in [5.41, 5.74) is 5.35. The molecule has 2 amide bonds. The maximum absolute atomic E-state index is 14.3. The van der Waals surface area contributed by atoms with Crippen molar-refractivity contribution in [1.29, 1.82) is 0 Å². The van der Waals surface area contributed by atoms with Gasteiger partial charge in [0.1, 0.15) is 12.6 Å². The summed E-state index contributed by atoms with van der Waals surface area (Å²) in [6.07, 6.45) is 2.21. The number of piperidine rings is 1. The lowest BCUT2D eigenvalue weighted by Crippen LogP contribution is -2.69. The normalized spacial score (nSPS) is 25.1. The number of piperazine rings is 1. The summed E-state index contributed by atoms with van der Waals surface area (Å²) in [6, 6.07) is 16.1. The Bertz CT molecular complexity index is 1380. The molecule has 3 aromatic rings. The predicted octanol–water partition coefficient (Wildman–Crippen LogP) is 5.29. The van der Waals surface area contributed by atoms with E-state index in [0.29, 0.717) is 12.3 Å². The average Bonchev–Trinajstić information content (AvgIpc) is 3.21. The van der Waals surface area contributed by atoms with Gasteiger partial charge in [-0.1, -0.05) is 56.3 Å². The summed E-state index contributed by atoms with van der Waals surface area (Å²) in [5.74, 6) is 0.547. The van der Waals surface area contributed by atoms with Crippen LogP contribution in [0, 0.1) is 0 Å². The lowest BCUT2D eigenvalue weighted by Gasteiger charge is -2.53. The maximum atomic E-state index is 14.3. The SMILES string of the molecule is CC(C)c1ccc([C@@H]2c3[nH]c4ccccc4c3C[C@H]3C(=O)N(C4CC(C)(C)NC(C)(C)C4)CC(=O)N23)cc1. The highest BCUT2D eigenvalue weighted by Crippen LogP contribution is 2.44. The lowest BCUT2D eigenvalue weighted by atomic mass is 9.78. The molecule has 2 aromatic carbocycles. The number of H-pyrrole nitrogens is 1. The second-order valence-electron chi connectivity index (χ2n) is 13.2. The number of benzene rings is 2. The standard InChI is InChI=1S/C32H40N4O2/c1-19(2)20-11-13-21(14-12-20)29-28-24(23-9-7-8-10-25(23)33-28)15-26-30(38)35(18-27(37)36(26)29)22-16-31(3,4)34-32(5,6)17-22/h7-14,19,22,26,29,33-34H,15-18H2,1-6H3/t26-,29+/m0/s1. The first-order chi connectivity index (χ1) is 17.9. The van der Waals surface area contributed by atoms with Crippen LogP contribution in [0.2, 0.25) is 0 Å². The van der Waals surface area contributed by atoms with E-state index in [2.05, 4.69) is 94.3 Å². The number of nitrogens with zero attached hydrogens (tertiary/aromatic N) is 2. The van der Waals surface area contributed by atoms with E-state index in [-0.39, 0.29) is 41.5 Å². The predicted molar refractivity (Wildman–Crippen MR) is 151 cm³/mol. The largest absolute Gasteiger partial charge is 0.356 e. The van der Waals surface area contributed by atoms with E-state index in [1.807, 2.05) is 15.9 Å². The second kappa shape index (κ2) is 8.70. The Hall–Kier alpha value is -3.12. The summed E-state index contributed by atoms with van der Waals surface area (Å²) in [5, 5.41) is 4.86. The third kappa shape index (κ3) is 4.14. The van der Waals surface area contributed by atoms with Crippen LogP contribution in [-0.4, -0.2) is 56.3 Å².